The standard InChI is InChI=1S/C12H19N3O2/c1-8(2)12(3)6-5-9(13)11(14-16)10(7-12)15-17-4/h5-8,13,15-16H,1-4H3/b13-9?,14-11+. The van der Waals surface area contributed by atoms with E-state index >= 15 is 0 Å². The Morgan fingerprint density at radius 1 is 1.53 bits per heavy atom. The zero-order valence-electron chi connectivity index (χ0n) is 10.6. The van der Waals surface area contributed by atoms with E-state index in [1.54, 1.807) is 6.08 Å². The molecule has 1 unspecified atom stereocenters. The molecule has 0 aliphatic heterocycles. The number of oxime groups is 1. The SMILES string of the molecule is CONC1=CC(C)(C(C)C)C=CC(=N)/C1=N\O. The summed E-state index contributed by atoms with van der Waals surface area (Å²) in [4.78, 5) is 4.86. The van der Waals surface area contributed by atoms with Gasteiger partial charge in [-0.1, -0.05) is 32.0 Å². The van der Waals surface area contributed by atoms with Crippen LogP contribution in [-0.2, 0) is 4.84 Å². The maximum Gasteiger partial charge on any atom is 0.152 e. The minimum absolute atomic E-state index is 0.146. The topological polar surface area (TPSA) is 77.7 Å². The van der Waals surface area contributed by atoms with Crippen molar-refractivity contribution in [2.75, 3.05) is 7.11 Å². The molecular formula is C12H19N3O2. The van der Waals surface area contributed by atoms with Crippen molar-refractivity contribution < 1.29 is 10.0 Å². The van der Waals surface area contributed by atoms with Crippen molar-refractivity contribution in [3.8, 4) is 0 Å². The molecule has 5 heteroatoms. The Balaban J connectivity index is 3.28. The molecule has 1 atom stereocenters. The van der Waals surface area contributed by atoms with Gasteiger partial charge in [-0.3, -0.25) is 15.7 Å². The Labute approximate surface area is 101 Å². The van der Waals surface area contributed by atoms with Gasteiger partial charge >= 0.3 is 0 Å². The molecule has 0 heterocycles. The average Bonchev–Trinajstić information content (AvgIpc) is 2.38. The predicted octanol–water partition coefficient (Wildman–Crippen LogP) is 2.10. The molecule has 0 saturated carbocycles. The van der Waals surface area contributed by atoms with E-state index in [0.29, 0.717) is 11.6 Å². The van der Waals surface area contributed by atoms with Crippen molar-refractivity contribution in [1.82, 2.24) is 5.48 Å². The van der Waals surface area contributed by atoms with Crippen LogP contribution in [0.25, 0.3) is 0 Å². The maximum atomic E-state index is 8.97. The molecule has 0 aromatic rings. The lowest BCUT2D eigenvalue weighted by atomic mass is 9.78. The molecule has 0 bridgehead atoms. The second kappa shape index (κ2) is 5.14. The van der Waals surface area contributed by atoms with E-state index in [1.807, 2.05) is 12.2 Å². The number of nitrogens with one attached hydrogen (secondary N) is 2. The smallest absolute Gasteiger partial charge is 0.152 e. The summed E-state index contributed by atoms with van der Waals surface area (Å²) >= 11 is 0. The fourth-order valence-corrected chi connectivity index (χ4v) is 1.57. The van der Waals surface area contributed by atoms with Gasteiger partial charge in [-0.15, -0.1) is 0 Å². The van der Waals surface area contributed by atoms with Crippen LogP contribution in [0.5, 0.6) is 0 Å². The normalized spacial score (nSPS) is 27.2. The highest BCUT2D eigenvalue weighted by atomic mass is 16.6. The zero-order valence-corrected chi connectivity index (χ0v) is 10.6. The van der Waals surface area contributed by atoms with E-state index in [2.05, 4.69) is 31.4 Å². The Hall–Kier alpha value is -1.62. The van der Waals surface area contributed by atoms with Crippen molar-refractivity contribution in [2.24, 2.45) is 16.5 Å². The van der Waals surface area contributed by atoms with Gasteiger partial charge in [0.1, 0.15) is 0 Å². The molecule has 5 nitrogen and oxygen atoms in total. The van der Waals surface area contributed by atoms with Crippen LogP contribution in [0.15, 0.2) is 29.1 Å². The maximum absolute atomic E-state index is 8.97. The largest absolute Gasteiger partial charge is 0.410 e. The Morgan fingerprint density at radius 2 is 2.18 bits per heavy atom. The van der Waals surface area contributed by atoms with Crippen molar-refractivity contribution in [3.05, 3.63) is 23.9 Å². The van der Waals surface area contributed by atoms with Gasteiger partial charge in [0.05, 0.1) is 18.5 Å². The van der Waals surface area contributed by atoms with E-state index in [9.17, 15) is 0 Å². The highest BCUT2D eigenvalue weighted by Gasteiger charge is 2.28. The van der Waals surface area contributed by atoms with Gasteiger partial charge in [0, 0.05) is 5.41 Å². The zero-order chi connectivity index (χ0) is 13.1. The van der Waals surface area contributed by atoms with E-state index in [1.165, 1.54) is 7.11 Å². The number of allylic oxidation sites excluding steroid dienone is 4. The highest BCUT2D eigenvalue weighted by Crippen LogP contribution is 2.33. The van der Waals surface area contributed by atoms with Crippen molar-refractivity contribution in [2.45, 2.75) is 20.8 Å². The van der Waals surface area contributed by atoms with Crippen LogP contribution in [0, 0.1) is 16.7 Å². The van der Waals surface area contributed by atoms with Crippen LogP contribution in [-0.4, -0.2) is 23.7 Å². The summed E-state index contributed by atoms with van der Waals surface area (Å²) in [6, 6.07) is 0. The highest BCUT2D eigenvalue weighted by molar-refractivity contribution is 6.50. The van der Waals surface area contributed by atoms with E-state index in [-0.39, 0.29) is 16.8 Å². The molecule has 3 N–H and O–H groups in total. The average molecular weight is 237 g/mol. The first-order valence-electron chi connectivity index (χ1n) is 5.47. The van der Waals surface area contributed by atoms with Crippen molar-refractivity contribution in [3.63, 3.8) is 0 Å². The van der Waals surface area contributed by atoms with Crippen LogP contribution in [0.1, 0.15) is 20.8 Å². The first-order chi connectivity index (χ1) is 7.94. The van der Waals surface area contributed by atoms with Crippen LogP contribution in [0.2, 0.25) is 0 Å². The molecule has 0 spiro atoms. The molecular weight excluding hydrogens is 218 g/mol. The van der Waals surface area contributed by atoms with Crippen LogP contribution in [0.4, 0.5) is 0 Å². The molecule has 17 heavy (non-hydrogen) atoms. The molecule has 1 aliphatic carbocycles. The summed E-state index contributed by atoms with van der Waals surface area (Å²) < 4.78 is 0. The third-order valence-corrected chi connectivity index (χ3v) is 3.13. The predicted molar refractivity (Wildman–Crippen MR) is 67.3 cm³/mol. The fourth-order valence-electron chi connectivity index (χ4n) is 1.57. The van der Waals surface area contributed by atoms with Crippen LogP contribution in [0.3, 0.4) is 0 Å². The monoisotopic (exact) mass is 237 g/mol. The first kappa shape index (κ1) is 13.4. The molecule has 0 fully saturated rings. The number of rotatable bonds is 3. The Kier molecular flexibility index (Phi) is 4.07. The fraction of sp³-hybridized carbons (Fsp3) is 0.500. The second-order valence-corrected chi connectivity index (χ2v) is 4.58. The quantitative estimate of drug-likeness (QED) is 0.519. The molecule has 1 aliphatic rings. The summed E-state index contributed by atoms with van der Waals surface area (Å²) in [6.45, 7) is 6.24. The molecule has 0 aromatic carbocycles. The summed E-state index contributed by atoms with van der Waals surface area (Å²) in [5.41, 5.74) is 3.25. The Morgan fingerprint density at radius 3 is 2.65 bits per heavy atom. The minimum atomic E-state index is -0.223. The Bertz CT molecular complexity index is 397. The second-order valence-electron chi connectivity index (χ2n) is 4.58. The molecule has 0 aromatic heterocycles. The lowest BCUT2D eigenvalue weighted by Gasteiger charge is -2.27. The number of hydroxylamine groups is 1. The van der Waals surface area contributed by atoms with E-state index in [4.69, 9.17) is 15.5 Å². The van der Waals surface area contributed by atoms with Gasteiger partial charge in [0.2, 0.25) is 0 Å². The number of hydrogen-bond donors (Lipinski definition) is 3. The van der Waals surface area contributed by atoms with Gasteiger partial charge < -0.3 is 5.21 Å². The van der Waals surface area contributed by atoms with Gasteiger partial charge in [-0.25, -0.2) is 0 Å². The van der Waals surface area contributed by atoms with E-state index in [0.717, 1.165) is 0 Å². The molecule has 0 saturated heterocycles. The van der Waals surface area contributed by atoms with Gasteiger partial charge in [-0.05, 0) is 18.1 Å². The number of hydrogen-bond acceptors (Lipinski definition) is 5. The van der Waals surface area contributed by atoms with Gasteiger partial charge in [0.15, 0.2) is 5.71 Å². The van der Waals surface area contributed by atoms with Crippen LogP contribution >= 0.6 is 0 Å². The van der Waals surface area contributed by atoms with Crippen LogP contribution < -0.4 is 5.48 Å². The lowest BCUT2D eigenvalue weighted by Crippen LogP contribution is -2.26. The van der Waals surface area contributed by atoms with E-state index < -0.39 is 0 Å². The summed E-state index contributed by atoms with van der Waals surface area (Å²) in [7, 11) is 1.48. The number of nitrogens with zero attached hydrogens (tertiary/aromatic N) is 1. The molecule has 94 valence electrons. The third-order valence-electron chi connectivity index (χ3n) is 3.13. The molecule has 1 rings (SSSR count). The summed E-state index contributed by atoms with van der Waals surface area (Å²) in [6.07, 6.45) is 5.50. The van der Waals surface area contributed by atoms with Gasteiger partial charge in [-0.2, -0.15) is 0 Å². The first-order valence-corrected chi connectivity index (χ1v) is 5.47. The van der Waals surface area contributed by atoms with Crippen molar-refractivity contribution >= 4 is 11.4 Å². The minimum Gasteiger partial charge on any atom is -0.410 e. The van der Waals surface area contributed by atoms with Crippen molar-refractivity contribution in [1.29, 1.82) is 5.41 Å². The lowest BCUT2D eigenvalue weighted by molar-refractivity contribution is 0.121. The molecule has 0 radical (unpaired) electrons. The third kappa shape index (κ3) is 2.74. The summed E-state index contributed by atoms with van der Waals surface area (Å²) in [5, 5.41) is 19.9. The van der Waals surface area contributed by atoms with Gasteiger partial charge in [0.25, 0.3) is 0 Å². The summed E-state index contributed by atoms with van der Waals surface area (Å²) in [5.74, 6) is 0.346. The molecule has 0 amide bonds.